The molecule has 2 aromatic rings. The second-order valence-corrected chi connectivity index (χ2v) is 6.93. The number of amides is 2. The van der Waals surface area contributed by atoms with Crippen molar-refractivity contribution < 1.29 is 18.7 Å². The summed E-state index contributed by atoms with van der Waals surface area (Å²) in [7, 11) is 0. The van der Waals surface area contributed by atoms with Crippen molar-refractivity contribution in [1.82, 2.24) is 16.2 Å². The van der Waals surface area contributed by atoms with Crippen LogP contribution in [0.1, 0.15) is 16.1 Å². The molecule has 0 fully saturated rings. The van der Waals surface area contributed by atoms with Crippen molar-refractivity contribution >= 4 is 61.0 Å². The molecule has 0 radical (unpaired) electrons. The minimum absolute atomic E-state index is 0.0734. The Labute approximate surface area is 165 Å². The zero-order chi connectivity index (χ0) is 18.4. The fourth-order valence-electron chi connectivity index (χ4n) is 1.78. The van der Waals surface area contributed by atoms with Crippen molar-refractivity contribution in [3.8, 4) is 5.75 Å². The Kier molecular flexibility index (Phi) is 6.97. The van der Waals surface area contributed by atoms with Gasteiger partial charge in [0, 0.05) is 4.47 Å². The molecule has 7 nitrogen and oxygen atoms in total. The van der Waals surface area contributed by atoms with E-state index in [9.17, 15) is 9.59 Å². The lowest BCUT2D eigenvalue weighted by Crippen LogP contribution is -2.49. The molecule has 10 heteroatoms. The van der Waals surface area contributed by atoms with Crippen LogP contribution in [0.2, 0.25) is 0 Å². The number of nitrogens with one attached hydrogen (secondary N) is 3. The van der Waals surface area contributed by atoms with E-state index in [0.29, 0.717) is 5.75 Å². The topological polar surface area (TPSA) is 92.6 Å². The number of benzene rings is 1. The highest BCUT2D eigenvalue weighted by Gasteiger charge is 2.12. The van der Waals surface area contributed by atoms with E-state index in [4.69, 9.17) is 21.4 Å². The van der Waals surface area contributed by atoms with Gasteiger partial charge in [-0.05, 0) is 64.9 Å². The van der Waals surface area contributed by atoms with Crippen molar-refractivity contribution in [2.24, 2.45) is 0 Å². The van der Waals surface area contributed by atoms with Gasteiger partial charge in [0.05, 0.1) is 10.7 Å². The van der Waals surface area contributed by atoms with Gasteiger partial charge in [-0.15, -0.1) is 0 Å². The highest BCUT2D eigenvalue weighted by Crippen LogP contribution is 2.32. The predicted molar refractivity (Wildman–Crippen MR) is 102 cm³/mol. The van der Waals surface area contributed by atoms with E-state index in [-0.39, 0.29) is 17.5 Å². The van der Waals surface area contributed by atoms with Crippen LogP contribution < -0.4 is 20.9 Å². The highest BCUT2D eigenvalue weighted by atomic mass is 79.9. The molecule has 3 N–H and O–H groups in total. The first-order valence-corrected chi connectivity index (χ1v) is 8.88. The molecule has 0 atom stereocenters. The number of hydrazine groups is 1. The standard InChI is InChI=1S/C15H13Br2N3O4S/c1-8-5-9(16)6-10(17)13(8)24-7-12(21)19-20-15(25)18-14(22)11-3-2-4-23-11/h2-6H,7H2,1H3,(H,19,21)(H2,18,20,22,25). The summed E-state index contributed by atoms with van der Waals surface area (Å²) in [5.74, 6) is -0.326. The lowest BCUT2D eigenvalue weighted by atomic mass is 10.2. The van der Waals surface area contributed by atoms with E-state index in [2.05, 4.69) is 48.0 Å². The Morgan fingerprint density at radius 2 is 2.04 bits per heavy atom. The number of rotatable bonds is 4. The van der Waals surface area contributed by atoms with Gasteiger partial charge in [-0.3, -0.25) is 25.8 Å². The fraction of sp³-hybridized carbons (Fsp3) is 0.133. The third kappa shape index (κ3) is 5.83. The number of ether oxygens (including phenoxy) is 1. The van der Waals surface area contributed by atoms with Crippen molar-refractivity contribution in [2.75, 3.05) is 6.61 Å². The smallest absolute Gasteiger partial charge is 0.293 e. The van der Waals surface area contributed by atoms with Gasteiger partial charge >= 0.3 is 0 Å². The van der Waals surface area contributed by atoms with Crippen LogP contribution in [0.25, 0.3) is 0 Å². The van der Waals surface area contributed by atoms with Crippen LogP contribution in [0.5, 0.6) is 5.75 Å². The molecule has 0 aliphatic rings. The van der Waals surface area contributed by atoms with Crippen molar-refractivity contribution in [2.45, 2.75) is 6.92 Å². The molecular weight excluding hydrogens is 478 g/mol. The number of hydrogen-bond donors (Lipinski definition) is 3. The molecule has 0 spiro atoms. The van der Waals surface area contributed by atoms with Crippen LogP contribution in [0.15, 0.2) is 43.9 Å². The summed E-state index contributed by atoms with van der Waals surface area (Å²) in [5.41, 5.74) is 5.60. The number of furan rings is 1. The van der Waals surface area contributed by atoms with Crippen LogP contribution in [0.3, 0.4) is 0 Å². The minimum atomic E-state index is -0.526. The normalized spacial score (nSPS) is 10.0. The molecule has 0 saturated heterocycles. The molecule has 2 rings (SSSR count). The Morgan fingerprint density at radius 3 is 2.68 bits per heavy atom. The molecule has 1 aromatic heterocycles. The van der Waals surface area contributed by atoms with E-state index >= 15 is 0 Å². The van der Waals surface area contributed by atoms with E-state index in [0.717, 1.165) is 14.5 Å². The monoisotopic (exact) mass is 489 g/mol. The number of aryl methyl sites for hydroxylation is 1. The molecule has 0 saturated carbocycles. The van der Waals surface area contributed by atoms with Gasteiger partial charge in [0.1, 0.15) is 5.75 Å². The Balaban J connectivity index is 1.77. The molecule has 1 aromatic carbocycles. The minimum Gasteiger partial charge on any atom is -0.482 e. The van der Waals surface area contributed by atoms with Crippen LogP contribution in [-0.2, 0) is 4.79 Å². The summed E-state index contributed by atoms with van der Waals surface area (Å²) in [6.07, 6.45) is 1.37. The van der Waals surface area contributed by atoms with E-state index < -0.39 is 11.8 Å². The molecule has 1 heterocycles. The quantitative estimate of drug-likeness (QED) is 0.450. The number of carbonyl (C=O) groups excluding carboxylic acids is 2. The number of carbonyl (C=O) groups is 2. The van der Waals surface area contributed by atoms with Gasteiger partial charge in [0.2, 0.25) is 0 Å². The lowest BCUT2D eigenvalue weighted by molar-refractivity contribution is -0.123. The summed E-state index contributed by atoms with van der Waals surface area (Å²) in [6, 6.07) is 6.75. The molecular formula is C15H13Br2N3O4S. The van der Waals surface area contributed by atoms with Crippen molar-refractivity contribution in [3.63, 3.8) is 0 Å². The average Bonchev–Trinajstić information content (AvgIpc) is 3.06. The average molecular weight is 491 g/mol. The maximum atomic E-state index is 11.8. The van der Waals surface area contributed by atoms with Gasteiger partial charge in [-0.2, -0.15) is 0 Å². The van der Waals surface area contributed by atoms with Crippen LogP contribution >= 0.6 is 44.1 Å². The molecule has 0 aliphatic heterocycles. The number of thiocarbonyl (C=S) groups is 1. The molecule has 25 heavy (non-hydrogen) atoms. The summed E-state index contributed by atoms with van der Waals surface area (Å²) in [5, 5.41) is 2.28. The van der Waals surface area contributed by atoms with Crippen LogP contribution in [-0.4, -0.2) is 23.5 Å². The third-order valence-corrected chi connectivity index (χ3v) is 4.08. The fourth-order valence-corrected chi connectivity index (χ4v) is 3.47. The van der Waals surface area contributed by atoms with Crippen LogP contribution in [0.4, 0.5) is 0 Å². The summed E-state index contributed by atoms with van der Waals surface area (Å²) in [6.45, 7) is 1.63. The Hall–Kier alpha value is -1.91. The second-order valence-electron chi connectivity index (χ2n) is 4.76. The Bertz CT molecular complexity index is 773. The van der Waals surface area contributed by atoms with Crippen molar-refractivity contribution in [3.05, 3.63) is 50.8 Å². The summed E-state index contributed by atoms with van der Waals surface area (Å²) in [4.78, 5) is 23.5. The van der Waals surface area contributed by atoms with Gasteiger partial charge in [-0.1, -0.05) is 15.9 Å². The first-order valence-electron chi connectivity index (χ1n) is 6.89. The van der Waals surface area contributed by atoms with Crippen molar-refractivity contribution in [1.29, 1.82) is 0 Å². The molecule has 0 aliphatic carbocycles. The first kappa shape index (κ1) is 19.4. The van der Waals surface area contributed by atoms with E-state index in [1.807, 2.05) is 19.1 Å². The van der Waals surface area contributed by atoms with Crippen LogP contribution in [0, 0.1) is 6.92 Å². The van der Waals surface area contributed by atoms with Gasteiger partial charge in [0.25, 0.3) is 11.8 Å². The molecule has 0 unspecified atom stereocenters. The van der Waals surface area contributed by atoms with Gasteiger partial charge < -0.3 is 9.15 Å². The largest absolute Gasteiger partial charge is 0.482 e. The lowest BCUT2D eigenvalue weighted by Gasteiger charge is -2.13. The second kappa shape index (κ2) is 8.97. The maximum Gasteiger partial charge on any atom is 0.293 e. The van der Waals surface area contributed by atoms with E-state index in [1.165, 1.54) is 12.3 Å². The molecule has 2 amide bonds. The maximum absolute atomic E-state index is 11.8. The zero-order valence-corrected chi connectivity index (χ0v) is 16.9. The first-order chi connectivity index (χ1) is 11.9. The molecule has 132 valence electrons. The van der Waals surface area contributed by atoms with Gasteiger partial charge in [-0.25, -0.2) is 0 Å². The third-order valence-electron chi connectivity index (χ3n) is 2.83. The SMILES string of the molecule is Cc1cc(Br)cc(Br)c1OCC(=O)NNC(=S)NC(=O)c1ccco1. The summed E-state index contributed by atoms with van der Waals surface area (Å²) >= 11 is 11.7. The van der Waals surface area contributed by atoms with Gasteiger partial charge in [0.15, 0.2) is 17.5 Å². The summed E-state index contributed by atoms with van der Waals surface area (Å²) < 4.78 is 12.0. The number of hydrogen-bond acceptors (Lipinski definition) is 5. The zero-order valence-electron chi connectivity index (χ0n) is 12.9. The van der Waals surface area contributed by atoms with E-state index in [1.54, 1.807) is 6.07 Å². The Morgan fingerprint density at radius 1 is 1.28 bits per heavy atom. The molecule has 0 bridgehead atoms. The highest BCUT2D eigenvalue weighted by molar-refractivity contribution is 9.11. The number of halogens is 2. The predicted octanol–water partition coefficient (Wildman–Crippen LogP) is 2.83.